The average molecular weight is 403 g/mol. The molecule has 0 aromatic carbocycles. The molecule has 6 rings (SSSR count). The van der Waals surface area contributed by atoms with E-state index in [-0.39, 0.29) is 10.8 Å². The Kier molecular flexibility index (Phi) is 3.96. The van der Waals surface area contributed by atoms with Gasteiger partial charge in [-0.15, -0.1) is 0 Å². The second kappa shape index (κ2) is 6.31. The SMILES string of the molecule is Cc1ccncc1C1=CC[C@H]2[C@@H]3CC=C4N(C5CC5)C(=O)CC[C@]4(C)[C@H]3CC[C@]12C. The van der Waals surface area contributed by atoms with Gasteiger partial charge in [0.2, 0.25) is 5.91 Å². The third-order valence-electron chi connectivity index (χ3n) is 9.63. The number of nitrogens with zero attached hydrogens (tertiary/aromatic N) is 2. The molecule has 158 valence electrons. The molecule has 2 saturated carbocycles. The lowest BCUT2D eigenvalue weighted by atomic mass is 9.48. The van der Waals surface area contributed by atoms with Gasteiger partial charge in [-0.1, -0.05) is 26.0 Å². The van der Waals surface area contributed by atoms with Crippen molar-refractivity contribution in [1.82, 2.24) is 9.88 Å². The van der Waals surface area contributed by atoms with Crippen molar-refractivity contribution in [2.75, 3.05) is 0 Å². The van der Waals surface area contributed by atoms with Crippen molar-refractivity contribution in [1.29, 1.82) is 0 Å². The fourth-order valence-corrected chi connectivity index (χ4v) is 7.85. The highest BCUT2D eigenvalue weighted by Crippen LogP contribution is 2.66. The van der Waals surface area contributed by atoms with Crippen LogP contribution in [0.3, 0.4) is 0 Å². The van der Waals surface area contributed by atoms with Crippen molar-refractivity contribution < 1.29 is 4.79 Å². The molecule has 0 N–H and O–H groups in total. The topological polar surface area (TPSA) is 33.2 Å². The number of fused-ring (bicyclic) bond motifs is 5. The van der Waals surface area contributed by atoms with Crippen molar-refractivity contribution in [3.05, 3.63) is 47.4 Å². The Balaban J connectivity index is 1.35. The number of likely N-dealkylation sites (tertiary alicyclic amines) is 1. The van der Waals surface area contributed by atoms with Gasteiger partial charge in [0, 0.05) is 36.0 Å². The summed E-state index contributed by atoms with van der Waals surface area (Å²) in [6, 6.07) is 2.66. The van der Waals surface area contributed by atoms with Gasteiger partial charge >= 0.3 is 0 Å². The molecule has 3 nitrogen and oxygen atoms in total. The molecule has 1 aliphatic heterocycles. The maximum atomic E-state index is 12.8. The van der Waals surface area contributed by atoms with Crippen LogP contribution in [0.4, 0.5) is 0 Å². The Morgan fingerprint density at radius 1 is 1.03 bits per heavy atom. The molecule has 1 aromatic heterocycles. The van der Waals surface area contributed by atoms with Gasteiger partial charge in [0.15, 0.2) is 0 Å². The number of amides is 1. The molecule has 30 heavy (non-hydrogen) atoms. The van der Waals surface area contributed by atoms with Crippen molar-refractivity contribution in [3.63, 3.8) is 0 Å². The normalized spacial score (nSPS) is 40.3. The predicted octanol–water partition coefficient (Wildman–Crippen LogP) is 5.90. The van der Waals surface area contributed by atoms with Crippen molar-refractivity contribution in [3.8, 4) is 0 Å². The number of hydrogen-bond donors (Lipinski definition) is 0. The molecule has 0 unspecified atom stereocenters. The summed E-state index contributed by atoms with van der Waals surface area (Å²) >= 11 is 0. The monoisotopic (exact) mass is 402 g/mol. The Bertz CT molecular complexity index is 973. The minimum Gasteiger partial charge on any atom is -0.313 e. The molecule has 5 atom stereocenters. The summed E-state index contributed by atoms with van der Waals surface area (Å²) in [5.74, 6) is 2.55. The molecule has 1 amide bonds. The summed E-state index contributed by atoms with van der Waals surface area (Å²) in [7, 11) is 0. The molecule has 1 saturated heterocycles. The number of carbonyl (C=O) groups excluding carboxylic acids is 1. The largest absolute Gasteiger partial charge is 0.313 e. The molecule has 1 aromatic rings. The van der Waals surface area contributed by atoms with Crippen molar-refractivity contribution in [2.45, 2.75) is 78.2 Å². The van der Waals surface area contributed by atoms with Crippen LogP contribution in [0.15, 0.2) is 36.3 Å². The minimum atomic E-state index is 0.188. The van der Waals surface area contributed by atoms with E-state index in [1.165, 1.54) is 48.9 Å². The fourth-order valence-electron chi connectivity index (χ4n) is 7.85. The van der Waals surface area contributed by atoms with Crippen LogP contribution in [0.1, 0.15) is 76.3 Å². The number of allylic oxidation sites excluding steroid dienone is 4. The Morgan fingerprint density at radius 2 is 1.87 bits per heavy atom. The van der Waals surface area contributed by atoms with E-state index in [4.69, 9.17) is 0 Å². The summed E-state index contributed by atoms with van der Waals surface area (Å²) < 4.78 is 0. The Morgan fingerprint density at radius 3 is 2.63 bits per heavy atom. The number of aromatic nitrogens is 1. The van der Waals surface area contributed by atoms with Crippen molar-refractivity contribution >= 4 is 11.5 Å². The number of piperidine rings is 1. The van der Waals surface area contributed by atoms with Crippen LogP contribution >= 0.6 is 0 Å². The predicted molar refractivity (Wildman–Crippen MR) is 119 cm³/mol. The van der Waals surface area contributed by atoms with Gasteiger partial charge in [-0.25, -0.2) is 0 Å². The summed E-state index contributed by atoms with van der Waals surface area (Å²) in [4.78, 5) is 19.5. The Hall–Kier alpha value is -1.90. The van der Waals surface area contributed by atoms with Crippen LogP contribution in [-0.2, 0) is 4.79 Å². The van der Waals surface area contributed by atoms with E-state index in [0.717, 1.165) is 25.2 Å². The lowest BCUT2D eigenvalue weighted by Crippen LogP contribution is -2.54. The van der Waals surface area contributed by atoms with Gasteiger partial charge in [-0.05, 0) is 97.8 Å². The molecule has 2 heterocycles. The minimum absolute atomic E-state index is 0.188. The fraction of sp³-hybridized carbons (Fsp3) is 0.630. The smallest absolute Gasteiger partial charge is 0.227 e. The molecule has 0 radical (unpaired) electrons. The number of aryl methyl sites for hydroxylation is 1. The maximum absolute atomic E-state index is 12.8. The lowest BCUT2D eigenvalue weighted by Gasteiger charge is -2.58. The van der Waals surface area contributed by atoms with E-state index in [2.05, 4.69) is 55.1 Å². The van der Waals surface area contributed by atoms with Gasteiger partial charge in [0.25, 0.3) is 0 Å². The number of rotatable bonds is 2. The molecular weight excluding hydrogens is 368 g/mol. The zero-order valence-electron chi connectivity index (χ0n) is 18.7. The molecule has 5 aliphatic rings. The second-order valence-corrected chi connectivity index (χ2v) is 11.1. The summed E-state index contributed by atoms with van der Waals surface area (Å²) in [6.07, 6.45) is 18.1. The highest BCUT2D eigenvalue weighted by Gasteiger charge is 2.59. The van der Waals surface area contributed by atoms with Crippen LogP contribution in [0, 0.1) is 35.5 Å². The van der Waals surface area contributed by atoms with E-state index < -0.39 is 0 Å². The van der Waals surface area contributed by atoms with Crippen LogP contribution in [0.5, 0.6) is 0 Å². The second-order valence-electron chi connectivity index (χ2n) is 11.1. The van der Waals surface area contributed by atoms with Crippen LogP contribution in [-0.4, -0.2) is 21.8 Å². The standard InChI is InChI=1S/C27H34N2O/c1-17-12-15-28-16-20(17)22-8-7-21-19-6-9-24-27(3,23(19)10-13-26(21,22)2)14-11-25(30)29(24)18-4-5-18/h8-9,12,15-16,18-19,21,23H,4-7,10-11,13-14H2,1-3H3/t19-,21-,23-,26-,27+/m0/s1. The first-order valence-corrected chi connectivity index (χ1v) is 12.1. The first kappa shape index (κ1) is 18.8. The molecular formula is C27H34N2O. The van der Waals surface area contributed by atoms with Gasteiger partial charge < -0.3 is 4.90 Å². The molecule has 4 aliphatic carbocycles. The quantitative estimate of drug-likeness (QED) is 0.616. The zero-order valence-corrected chi connectivity index (χ0v) is 18.7. The number of pyridine rings is 1. The van der Waals surface area contributed by atoms with E-state index in [9.17, 15) is 4.79 Å². The number of hydrogen-bond acceptors (Lipinski definition) is 2. The highest BCUT2D eigenvalue weighted by atomic mass is 16.2. The first-order chi connectivity index (χ1) is 14.4. The van der Waals surface area contributed by atoms with Gasteiger partial charge in [0.05, 0.1) is 0 Å². The third kappa shape index (κ3) is 2.44. The maximum Gasteiger partial charge on any atom is 0.227 e. The molecule has 0 spiro atoms. The van der Waals surface area contributed by atoms with E-state index in [1.54, 1.807) is 5.57 Å². The van der Waals surface area contributed by atoms with Crippen LogP contribution in [0.25, 0.3) is 5.57 Å². The highest BCUT2D eigenvalue weighted by molar-refractivity contribution is 5.81. The summed E-state index contributed by atoms with van der Waals surface area (Å²) in [5.41, 5.74) is 6.12. The molecule has 3 heteroatoms. The Labute approximate surface area is 180 Å². The average Bonchev–Trinajstić information content (AvgIpc) is 3.50. The lowest BCUT2D eigenvalue weighted by molar-refractivity contribution is -0.137. The van der Waals surface area contributed by atoms with E-state index >= 15 is 0 Å². The number of carbonyl (C=O) groups is 1. The summed E-state index contributed by atoms with van der Waals surface area (Å²) in [5, 5.41) is 0. The van der Waals surface area contributed by atoms with Gasteiger partial charge in [-0.3, -0.25) is 9.78 Å². The molecule has 3 fully saturated rings. The summed E-state index contributed by atoms with van der Waals surface area (Å²) in [6.45, 7) is 7.25. The van der Waals surface area contributed by atoms with Crippen LogP contribution < -0.4 is 0 Å². The van der Waals surface area contributed by atoms with Gasteiger partial charge in [-0.2, -0.15) is 0 Å². The van der Waals surface area contributed by atoms with E-state index in [0.29, 0.717) is 23.8 Å². The third-order valence-corrected chi connectivity index (χ3v) is 9.63. The zero-order chi connectivity index (χ0) is 20.7. The van der Waals surface area contributed by atoms with Gasteiger partial charge in [0.1, 0.15) is 0 Å². The molecule has 0 bridgehead atoms. The van der Waals surface area contributed by atoms with Crippen molar-refractivity contribution in [2.24, 2.45) is 28.6 Å². The van der Waals surface area contributed by atoms with Crippen LogP contribution in [0.2, 0.25) is 0 Å². The van der Waals surface area contributed by atoms with E-state index in [1.807, 2.05) is 6.20 Å². The first-order valence-electron chi connectivity index (χ1n) is 12.1.